The van der Waals surface area contributed by atoms with E-state index >= 15 is 0 Å². The molecule has 1 heterocycles. The first-order valence-corrected chi connectivity index (χ1v) is 7.43. The standard InChI is InChI=1S/C15H32N2/c1-7-12-11-17(13(8-2)9-3)14(10-16-12)15(4,5)6/h12-14,16H,7-11H2,1-6H3. The van der Waals surface area contributed by atoms with Crippen molar-refractivity contribution >= 4 is 0 Å². The SMILES string of the molecule is CCC1CN(C(CC)CC)C(C(C)(C)C)CN1. The van der Waals surface area contributed by atoms with Crippen LogP contribution in [0.25, 0.3) is 0 Å². The van der Waals surface area contributed by atoms with Gasteiger partial charge in [-0.25, -0.2) is 0 Å². The largest absolute Gasteiger partial charge is 0.311 e. The van der Waals surface area contributed by atoms with E-state index in [9.17, 15) is 0 Å². The summed E-state index contributed by atoms with van der Waals surface area (Å²) in [5.41, 5.74) is 0.369. The molecule has 1 rings (SSSR count). The molecule has 102 valence electrons. The van der Waals surface area contributed by atoms with Gasteiger partial charge in [-0.2, -0.15) is 0 Å². The number of nitrogens with one attached hydrogen (secondary N) is 1. The van der Waals surface area contributed by atoms with Gasteiger partial charge in [-0.1, -0.05) is 41.5 Å². The monoisotopic (exact) mass is 240 g/mol. The molecule has 0 saturated carbocycles. The third-order valence-electron chi connectivity index (χ3n) is 4.34. The average molecular weight is 240 g/mol. The summed E-state index contributed by atoms with van der Waals surface area (Å²) in [6, 6.07) is 2.12. The Hall–Kier alpha value is -0.0800. The van der Waals surface area contributed by atoms with Crippen LogP contribution in [0.15, 0.2) is 0 Å². The Labute approximate surface area is 108 Å². The van der Waals surface area contributed by atoms with Crippen molar-refractivity contribution in [2.24, 2.45) is 5.41 Å². The maximum atomic E-state index is 3.72. The Morgan fingerprint density at radius 3 is 2.18 bits per heavy atom. The number of hydrogen-bond acceptors (Lipinski definition) is 2. The molecule has 0 aliphatic carbocycles. The Balaban J connectivity index is 2.81. The molecule has 17 heavy (non-hydrogen) atoms. The number of piperazine rings is 1. The fraction of sp³-hybridized carbons (Fsp3) is 1.00. The van der Waals surface area contributed by atoms with Crippen molar-refractivity contribution < 1.29 is 0 Å². The molecular weight excluding hydrogens is 208 g/mol. The zero-order valence-electron chi connectivity index (χ0n) is 12.7. The van der Waals surface area contributed by atoms with Gasteiger partial charge in [0.25, 0.3) is 0 Å². The molecule has 2 atom stereocenters. The average Bonchev–Trinajstić information content (AvgIpc) is 2.29. The molecule has 0 radical (unpaired) electrons. The summed E-state index contributed by atoms with van der Waals surface area (Å²) < 4.78 is 0. The first-order valence-electron chi connectivity index (χ1n) is 7.43. The topological polar surface area (TPSA) is 15.3 Å². The van der Waals surface area contributed by atoms with E-state index in [0.29, 0.717) is 17.5 Å². The molecule has 1 fully saturated rings. The molecule has 0 bridgehead atoms. The molecule has 1 aliphatic heterocycles. The smallest absolute Gasteiger partial charge is 0.0272 e. The Bertz CT molecular complexity index is 215. The van der Waals surface area contributed by atoms with Gasteiger partial charge in [-0.05, 0) is 24.7 Å². The quantitative estimate of drug-likeness (QED) is 0.811. The second-order valence-electron chi connectivity index (χ2n) is 6.56. The van der Waals surface area contributed by atoms with Crippen LogP contribution in [0.5, 0.6) is 0 Å². The van der Waals surface area contributed by atoms with E-state index in [2.05, 4.69) is 51.8 Å². The molecule has 2 nitrogen and oxygen atoms in total. The van der Waals surface area contributed by atoms with Crippen molar-refractivity contribution in [1.29, 1.82) is 0 Å². The summed E-state index contributed by atoms with van der Waals surface area (Å²) >= 11 is 0. The van der Waals surface area contributed by atoms with Crippen LogP contribution in [0, 0.1) is 5.41 Å². The van der Waals surface area contributed by atoms with Crippen molar-refractivity contribution in [2.75, 3.05) is 13.1 Å². The van der Waals surface area contributed by atoms with Gasteiger partial charge >= 0.3 is 0 Å². The Morgan fingerprint density at radius 1 is 1.18 bits per heavy atom. The van der Waals surface area contributed by atoms with Gasteiger partial charge in [0.1, 0.15) is 0 Å². The highest BCUT2D eigenvalue weighted by Crippen LogP contribution is 2.29. The molecule has 0 amide bonds. The lowest BCUT2D eigenvalue weighted by Crippen LogP contribution is -2.62. The lowest BCUT2D eigenvalue weighted by molar-refractivity contribution is 0.0169. The van der Waals surface area contributed by atoms with E-state index < -0.39 is 0 Å². The summed E-state index contributed by atoms with van der Waals surface area (Å²) in [4.78, 5) is 2.78. The molecule has 0 aromatic rings. The molecule has 0 spiro atoms. The van der Waals surface area contributed by atoms with Crippen LogP contribution in [0.4, 0.5) is 0 Å². The van der Waals surface area contributed by atoms with E-state index in [1.54, 1.807) is 0 Å². The molecule has 2 heteroatoms. The van der Waals surface area contributed by atoms with Gasteiger partial charge in [-0.15, -0.1) is 0 Å². The zero-order chi connectivity index (χ0) is 13.1. The Kier molecular flexibility index (Phi) is 5.46. The first-order chi connectivity index (χ1) is 7.93. The summed E-state index contributed by atoms with van der Waals surface area (Å²) in [5, 5.41) is 3.72. The van der Waals surface area contributed by atoms with Crippen LogP contribution in [0.2, 0.25) is 0 Å². The third-order valence-corrected chi connectivity index (χ3v) is 4.34. The molecule has 1 aliphatic rings. The van der Waals surface area contributed by atoms with Crippen LogP contribution in [0.1, 0.15) is 60.8 Å². The fourth-order valence-corrected chi connectivity index (χ4v) is 3.08. The second-order valence-corrected chi connectivity index (χ2v) is 6.56. The molecular formula is C15H32N2. The first kappa shape index (κ1) is 15.0. The lowest BCUT2D eigenvalue weighted by Gasteiger charge is -2.49. The van der Waals surface area contributed by atoms with Crippen molar-refractivity contribution in [3.05, 3.63) is 0 Å². The molecule has 1 saturated heterocycles. The maximum Gasteiger partial charge on any atom is 0.0272 e. The van der Waals surface area contributed by atoms with E-state index in [4.69, 9.17) is 0 Å². The van der Waals surface area contributed by atoms with Crippen molar-refractivity contribution in [3.8, 4) is 0 Å². The highest BCUT2D eigenvalue weighted by molar-refractivity contribution is 4.94. The van der Waals surface area contributed by atoms with Gasteiger partial charge in [-0.3, -0.25) is 4.90 Å². The number of nitrogens with zero attached hydrogens (tertiary/aromatic N) is 1. The van der Waals surface area contributed by atoms with Gasteiger partial charge in [0, 0.05) is 31.2 Å². The number of hydrogen-bond donors (Lipinski definition) is 1. The fourth-order valence-electron chi connectivity index (χ4n) is 3.08. The van der Waals surface area contributed by atoms with Crippen molar-refractivity contribution in [1.82, 2.24) is 10.2 Å². The minimum atomic E-state index is 0.369. The second kappa shape index (κ2) is 6.19. The molecule has 1 N–H and O–H groups in total. The predicted octanol–water partition coefficient (Wildman–Crippen LogP) is 3.27. The van der Waals surface area contributed by atoms with E-state index in [1.807, 2.05) is 0 Å². The van der Waals surface area contributed by atoms with Crippen LogP contribution in [0.3, 0.4) is 0 Å². The summed E-state index contributed by atoms with van der Waals surface area (Å²) in [6.45, 7) is 16.5. The van der Waals surface area contributed by atoms with E-state index in [-0.39, 0.29) is 0 Å². The van der Waals surface area contributed by atoms with Gasteiger partial charge < -0.3 is 5.32 Å². The highest BCUT2D eigenvalue weighted by Gasteiger charge is 2.37. The van der Waals surface area contributed by atoms with E-state index in [0.717, 1.165) is 12.6 Å². The molecule has 0 aromatic carbocycles. The van der Waals surface area contributed by atoms with Gasteiger partial charge in [0.15, 0.2) is 0 Å². The van der Waals surface area contributed by atoms with Crippen LogP contribution < -0.4 is 5.32 Å². The minimum absolute atomic E-state index is 0.369. The molecule has 2 unspecified atom stereocenters. The summed E-state index contributed by atoms with van der Waals surface area (Å²) in [7, 11) is 0. The Morgan fingerprint density at radius 2 is 1.76 bits per heavy atom. The van der Waals surface area contributed by atoms with Gasteiger partial charge in [0.2, 0.25) is 0 Å². The zero-order valence-corrected chi connectivity index (χ0v) is 12.7. The van der Waals surface area contributed by atoms with E-state index in [1.165, 1.54) is 25.8 Å². The normalized spacial score (nSPS) is 27.7. The van der Waals surface area contributed by atoms with Crippen LogP contribution >= 0.6 is 0 Å². The van der Waals surface area contributed by atoms with Gasteiger partial charge in [0.05, 0.1) is 0 Å². The van der Waals surface area contributed by atoms with Crippen LogP contribution in [-0.2, 0) is 0 Å². The number of rotatable bonds is 4. The van der Waals surface area contributed by atoms with Crippen molar-refractivity contribution in [2.45, 2.75) is 78.9 Å². The van der Waals surface area contributed by atoms with Crippen molar-refractivity contribution in [3.63, 3.8) is 0 Å². The lowest BCUT2D eigenvalue weighted by atomic mass is 9.82. The van der Waals surface area contributed by atoms with Crippen LogP contribution in [-0.4, -0.2) is 36.1 Å². The third kappa shape index (κ3) is 3.69. The maximum absolute atomic E-state index is 3.72. The predicted molar refractivity (Wildman–Crippen MR) is 76.4 cm³/mol. The summed E-state index contributed by atoms with van der Waals surface area (Å²) in [5.74, 6) is 0. The summed E-state index contributed by atoms with van der Waals surface area (Å²) in [6.07, 6.45) is 3.80. The molecule has 0 aromatic heterocycles. The highest BCUT2D eigenvalue weighted by atomic mass is 15.3. The minimum Gasteiger partial charge on any atom is -0.311 e.